The van der Waals surface area contributed by atoms with Crippen molar-refractivity contribution in [2.45, 2.75) is 26.3 Å². The molecule has 0 saturated carbocycles. The molecule has 0 aliphatic heterocycles. The lowest BCUT2D eigenvalue weighted by Gasteiger charge is -2.10. The van der Waals surface area contributed by atoms with Crippen LogP contribution in [-0.2, 0) is 4.79 Å². The Labute approximate surface area is 110 Å². The van der Waals surface area contributed by atoms with Crippen LogP contribution in [0.15, 0.2) is 22.7 Å². The van der Waals surface area contributed by atoms with Crippen molar-refractivity contribution in [1.29, 1.82) is 0 Å². The molecule has 5 heteroatoms. The van der Waals surface area contributed by atoms with E-state index < -0.39 is 6.04 Å². The Hall–Kier alpha value is -0.580. The van der Waals surface area contributed by atoms with Gasteiger partial charge in [0.05, 0.1) is 6.04 Å². The number of carbonyl (C=O) groups excluding carboxylic acids is 1. The number of carbonyl (C=O) groups is 1. The quantitative estimate of drug-likeness (QED) is 0.902. The number of nitrogens with one attached hydrogen (secondary N) is 1. The van der Waals surface area contributed by atoms with Crippen LogP contribution in [0.2, 0.25) is 0 Å². The van der Waals surface area contributed by atoms with E-state index in [0.717, 1.165) is 15.7 Å². The van der Waals surface area contributed by atoms with Gasteiger partial charge in [-0.15, -0.1) is 12.4 Å². The topological polar surface area (TPSA) is 55.1 Å². The van der Waals surface area contributed by atoms with Crippen molar-refractivity contribution in [3.05, 3.63) is 28.2 Å². The van der Waals surface area contributed by atoms with Crippen LogP contribution in [0, 0.1) is 6.92 Å². The molecule has 0 aromatic heterocycles. The van der Waals surface area contributed by atoms with Gasteiger partial charge in [0, 0.05) is 10.2 Å². The van der Waals surface area contributed by atoms with Gasteiger partial charge < -0.3 is 11.1 Å². The molecule has 0 aliphatic carbocycles. The number of rotatable bonds is 3. The molecule has 1 rings (SSSR count). The molecule has 90 valence electrons. The predicted octanol–water partition coefficient (Wildman–Crippen LogP) is 2.86. The molecule has 0 unspecified atom stereocenters. The molecule has 16 heavy (non-hydrogen) atoms. The number of anilines is 1. The fourth-order valence-corrected chi connectivity index (χ4v) is 1.47. The van der Waals surface area contributed by atoms with Gasteiger partial charge in [0.2, 0.25) is 5.91 Å². The van der Waals surface area contributed by atoms with Gasteiger partial charge in [-0.2, -0.15) is 0 Å². The zero-order chi connectivity index (χ0) is 11.4. The van der Waals surface area contributed by atoms with E-state index in [1.54, 1.807) is 0 Å². The van der Waals surface area contributed by atoms with Crippen LogP contribution < -0.4 is 11.1 Å². The van der Waals surface area contributed by atoms with E-state index in [0.29, 0.717) is 6.42 Å². The number of nitrogens with two attached hydrogens (primary N) is 1. The SMILES string of the molecule is CC[C@H](N)C(=O)Nc1ccc(C)c(Br)c1.Cl. The molecule has 0 bridgehead atoms. The average molecular weight is 308 g/mol. The maximum atomic E-state index is 11.5. The minimum absolute atomic E-state index is 0. The smallest absolute Gasteiger partial charge is 0.241 e. The Morgan fingerprint density at radius 2 is 2.19 bits per heavy atom. The third-order valence-corrected chi connectivity index (χ3v) is 3.07. The van der Waals surface area contributed by atoms with E-state index in [4.69, 9.17) is 5.73 Å². The minimum Gasteiger partial charge on any atom is -0.325 e. The van der Waals surface area contributed by atoms with E-state index in [9.17, 15) is 4.79 Å². The van der Waals surface area contributed by atoms with Crippen LogP contribution in [0.4, 0.5) is 5.69 Å². The van der Waals surface area contributed by atoms with E-state index in [1.165, 1.54) is 0 Å². The molecular formula is C11H16BrClN2O. The van der Waals surface area contributed by atoms with E-state index in [1.807, 2.05) is 32.0 Å². The van der Waals surface area contributed by atoms with Gasteiger partial charge in [-0.3, -0.25) is 4.79 Å². The third-order valence-electron chi connectivity index (χ3n) is 2.22. The van der Waals surface area contributed by atoms with Crippen LogP contribution in [0.25, 0.3) is 0 Å². The molecule has 1 aromatic carbocycles. The first kappa shape index (κ1) is 15.4. The maximum Gasteiger partial charge on any atom is 0.241 e. The summed E-state index contributed by atoms with van der Waals surface area (Å²) in [6, 6.07) is 5.23. The second-order valence-corrected chi connectivity index (χ2v) is 4.32. The van der Waals surface area contributed by atoms with Gasteiger partial charge in [-0.05, 0) is 31.0 Å². The fourth-order valence-electron chi connectivity index (χ4n) is 1.09. The van der Waals surface area contributed by atoms with Crippen LogP contribution in [-0.4, -0.2) is 11.9 Å². The van der Waals surface area contributed by atoms with Gasteiger partial charge >= 0.3 is 0 Å². The summed E-state index contributed by atoms with van der Waals surface area (Å²) in [5.41, 5.74) is 7.51. The number of halogens is 2. The van der Waals surface area contributed by atoms with Crippen LogP contribution >= 0.6 is 28.3 Å². The van der Waals surface area contributed by atoms with Crippen molar-refractivity contribution >= 4 is 39.9 Å². The average Bonchev–Trinajstić information content (AvgIpc) is 2.22. The second-order valence-electron chi connectivity index (χ2n) is 3.47. The standard InChI is InChI=1S/C11H15BrN2O.ClH/c1-3-10(13)11(15)14-8-5-4-7(2)9(12)6-8;/h4-6,10H,3,13H2,1-2H3,(H,14,15);1H/t10-;/m0./s1. The highest BCUT2D eigenvalue weighted by Crippen LogP contribution is 2.20. The molecule has 0 spiro atoms. The Kier molecular flexibility index (Phi) is 6.64. The Morgan fingerprint density at radius 1 is 1.56 bits per heavy atom. The van der Waals surface area contributed by atoms with Crippen molar-refractivity contribution in [1.82, 2.24) is 0 Å². The minimum atomic E-state index is -0.440. The summed E-state index contributed by atoms with van der Waals surface area (Å²) < 4.78 is 0.977. The molecule has 0 radical (unpaired) electrons. The lowest BCUT2D eigenvalue weighted by Crippen LogP contribution is -2.34. The van der Waals surface area contributed by atoms with Crippen LogP contribution in [0.1, 0.15) is 18.9 Å². The number of hydrogen-bond acceptors (Lipinski definition) is 2. The summed E-state index contributed by atoms with van der Waals surface area (Å²) in [7, 11) is 0. The summed E-state index contributed by atoms with van der Waals surface area (Å²) in [4.78, 5) is 11.5. The normalized spacial score (nSPS) is 11.5. The van der Waals surface area contributed by atoms with Gasteiger partial charge in [0.15, 0.2) is 0 Å². The van der Waals surface area contributed by atoms with Crippen LogP contribution in [0.3, 0.4) is 0 Å². The lowest BCUT2D eigenvalue weighted by atomic mass is 10.2. The molecule has 0 saturated heterocycles. The summed E-state index contributed by atoms with van der Waals surface area (Å²) in [5, 5.41) is 2.77. The zero-order valence-corrected chi connectivity index (χ0v) is 11.7. The monoisotopic (exact) mass is 306 g/mol. The Morgan fingerprint density at radius 3 is 2.69 bits per heavy atom. The lowest BCUT2D eigenvalue weighted by molar-refractivity contribution is -0.117. The van der Waals surface area contributed by atoms with Crippen molar-refractivity contribution in [3.8, 4) is 0 Å². The molecule has 3 N–H and O–H groups in total. The third kappa shape index (κ3) is 4.12. The summed E-state index contributed by atoms with van der Waals surface area (Å²) in [6.45, 7) is 3.88. The number of amides is 1. The summed E-state index contributed by atoms with van der Waals surface area (Å²) in [6.07, 6.45) is 0.638. The highest BCUT2D eigenvalue weighted by molar-refractivity contribution is 9.10. The molecule has 1 aromatic rings. The Bertz CT molecular complexity index is 371. The van der Waals surface area contributed by atoms with Crippen molar-refractivity contribution < 1.29 is 4.79 Å². The first-order valence-corrected chi connectivity index (χ1v) is 5.66. The van der Waals surface area contributed by atoms with Crippen molar-refractivity contribution in [2.75, 3.05) is 5.32 Å². The second kappa shape index (κ2) is 6.89. The van der Waals surface area contributed by atoms with E-state index >= 15 is 0 Å². The van der Waals surface area contributed by atoms with Crippen LogP contribution in [0.5, 0.6) is 0 Å². The number of benzene rings is 1. The molecule has 0 fully saturated rings. The fraction of sp³-hybridized carbons (Fsp3) is 0.364. The highest BCUT2D eigenvalue weighted by atomic mass is 79.9. The van der Waals surface area contributed by atoms with E-state index in [-0.39, 0.29) is 18.3 Å². The first-order valence-electron chi connectivity index (χ1n) is 4.87. The molecule has 0 aliphatic rings. The molecule has 1 amide bonds. The van der Waals surface area contributed by atoms with Crippen molar-refractivity contribution in [3.63, 3.8) is 0 Å². The Balaban J connectivity index is 0.00000225. The van der Waals surface area contributed by atoms with E-state index in [2.05, 4.69) is 21.2 Å². The molecule has 1 atom stereocenters. The summed E-state index contributed by atoms with van der Waals surface area (Å²) >= 11 is 3.41. The van der Waals surface area contributed by atoms with Crippen molar-refractivity contribution in [2.24, 2.45) is 5.73 Å². The summed E-state index contributed by atoms with van der Waals surface area (Å²) in [5.74, 6) is -0.145. The van der Waals surface area contributed by atoms with Gasteiger partial charge in [-0.25, -0.2) is 0 Å². The molecular weight excluding hydrogens is 291 g/mol. The first-order chi connectivity index (χ1) is 7.04. The van der Waals surface area contributed by atoms with Gasteiger partial charge in [-0.1, -0.05) is 28.9 Å². The highest BCUT2D eigenvalue weighted by Gasteiger charge is 2.10. The maximum absolute atomic E-state index is 11.5. The predicted molar refractivity (Wildman–Crippen MR) is 73.0 cm³/mol. The molecule has 3 nitrogen and oxygen atoms in total. The zero-order valence-electron chi connectivity index (χ0n) is 9.29. The number of aryl methyl sites for hydroxylation is 1. The van der Waals surface area contributed by atoms with Gasteiger partial charge in [0.1, 0.15) is 0 Å². The van der Waals surface area contributed by atoms with Gasteiger partial charge in [0.25, 0.3) is 0 Å². The number of hydrogen-bond donors (Lipinski definition) is 2. The largest absolute Gasteiger partial charge is 0.325 e. The molecule has 0 heterocycles.